The minimum Gasteiger partial charge on any atom is -0.398 e. The Labute approximate surface area is 152 Å². The van der Waals surface area contributed by atoms with Gasteiger partial charge in [0.2, 0.25) is 0 Å². The molecule has 0 atom stereocenters. The van der Waals surface area contributed by atoms with E-state index in [4.69, 9.17) is 15.7 Å². The summed E-state index contributed by atoms with van der Waals surface area (Å²) in [6, 6.07) is 8.09. The molecule has 0 radical (unpaired) electrons. The van der Waals surface area contributed by atoms with Gasteiger partial charge in [0, 0.05) is 39.4 Å². The van der Waals surface area contributed by atoms with E-state index in [2.05, 4.69) is 20.8 Å². The molecule has 2 heterocycles. The molecule has 5 N–H and O–H groups in total. The van der Waals surface area contributed by atoms with Crippen LogP contribution in [0.15, 0.2) is 53.3 Å². The Bertz CT molecular complexity index is 939. The number of anilines is 2. The lowest BCUT2D eigenvalue weighted by Gasteiger charge is -2.10. The first-order valence-corrected chi connectivity index (χ1v) is 7.57. The second kappa shape index (κ2) is 7.43. The van der Waals surface area contributed by atoms with Gasteiger partial charge < -0.3 is 15.6 Å². The van der Waals surface area contributed by atoms with Crippen molar-refractivity contribution in [2.75, 3.05) is 11.1 Å². The molecule has 26 heavy (non-hydrogen) atoms. The molecular formula is C17H21FN6O2. The third kappa shape index (κ3) is 4.01. The Morgan fingerprint density at radius 1 is 1.31 bits per heavy atom. The van der Waals surface area contributed by atoms with Gasteiger partial charge in [-0.2, -0.15) is 0 Å². The molecule has 138 valence electrons. The highest BCUT2D eigenvalue weighted by Gasteiger charge is 2.12. The summed E-state index contributed by atoms with van der Waals surface area (Å²) in [5.74, 6) is 0.354. The second-order valence-electron chi connectivity index (χ2n) is 5.33. The summed E-state index contributed by atoms with van der Waals surface area (Å²) in [5, 5.41) is 16.8. The molecule has 8 nitrogen and oxygen atoms in total. The SMILES string of the molecule is N=C(c1ccc(F)cc1)c1cnc(NC(=O)NCc2ccno2)cc1N.[HH].[HH].[HH]. The van der Waals surface area contributed by atoms with Crippen LogP contribution < -0.4 is 16.4 Å². The number of aromatic nitrogens is 2. The van der Waals surface area contributed by atoms with Gasteiger partial charge in [-0.15, -0.1) is 0 Å². The topological polar surface area (TPSA) is 130 Å². The van der Waals surface area contributed by atoms with Crippen LogP contribution in [0, 0.1) is 11.2 Å². The molecule has 0 spiro atoms. The summed E-state index contributed by atoms with van der Waals surface area (Å²) < 4.78 is 17.9. The Morgan fingerprint density at radius 3 is 2.73 bits per heavy atom. The maximum atomic E-state index is 13.0. The number of urea groups is 1. The van der Waals surface area contributed by atoms with Gasteiger partial charge in [0.1, 0.15) is 11.6 Å². The third-order valence-corrected chi connectivity index (χ3v) is 3.49. The van der Waals surface area contributed by atoms with E-state index in [1.807, 2.05) is 0 Å². The molecule has 3 aromatic rings. The predicted octanol–water partition coefficient (Wildman–Crippen LogP) is 3.27. The van der Waals surface area contributed by atoms with Crippen LogP contribution in [0.2, 0.25) is 0 Å². The molecule has 1 aromatic carbocycles. The number of carbonyl (C=O) groups excluding carboxylic acids is 1. The molecule has 2 amide bonds. The number of benzene rings is 1. The molecule has 0 aliphatic heterocycles. The lowest BCUT2D eigenvalue weighted by Crippen LogP contribution is -2.28. The molecule has 0 bridgehead atoms. The number of amides is 2. The summed E-state index contributed by atoms with van der Waals surface area (Å²) in [7, 11) is 0. The van der Waals surface area contributed by atoms with Crippen LogP contribution in [-0.2, 0) is 6.54 Å². The van der Waals surface area contributed by atoms with E-state index in [1.54, 1.807) is 6.07 Å². The largest absolute Gasteiger partial charge is 0.398 e. The normalized spacial score (nSPS) is 10.3. The van der Waals surface area contributed by atoms with Crippen LogP contribution in [0.5, 0.6) is 0 Å². The smallest absolute Gasteiger partial charge is 0.320 e. The zero-order valence-electron chi connectivity index (χ0n) is 13.5. The van der Waals surface area contributed by atoms with Gasteiger partial charge in [0.25, 0.3) is 0 Å². The summed E-state index contributed by atoms with van der Waals surface area (Å²) in [4.78, 5) is 15.9. The first kappa shape index (κ1) is 17.1. The number of nitrogens with two attached hydrogens (primary N) is 1. The number of hydrogen-bond acceptors (Lipinski definition) is 6. The third-order valence-electron chi connectivity index (χ3n) is 3.49. The van der Waals surface area contributed by atoms with Crippen molar-refractivity contribution in [3.05, 3.63) is 71.5 Å². The fourth-order valence-electron chi connectivity index (χ4n) is 2.18. The summed E-state index contributed by atoms with van der Waals surface area (Å²) in [6.07, 6.45) is 2.86. The molecule has 0 unspecified atom stereocenters. The Balaban J connectivity index is 0.00000261. The van der Waals surface area contributed by atoms with Crippen LogP contribution in [0.1, 0.15) is 21.2 Å². The number of rotatable bonds is 5. The van der Waals surface area contributed by atoms with Crippen molar-refractivity contribution in [2.24, 2.45) is 0 Å². The number of carbonyl (C=O) groups is 1. The predicted molar refractivity (Wildman–Crippen MR) is 99.7 cm³/mol. The van der Waals surface area contributed by atoms with Gasteiger partial charge in [-0.1, -0.05) is 5.16 Å². The summed E-state index contributed by atoms with van der Waals surface area (Å²) in [6.45, 7) is 0.175. The lowest BCUT2D eigenvalue weighted by atomic mass is 10.0. The molecular weight excluding hydrogens is 339 g/mol. The lowest BCUT2D eigenvalue weighted by molar-refractivity contribution is 0.250. The maximum Gasteiger partial charge on any atom is 0.320 e. The van der Waals surface area contributed by atoms with E-state index >= 15 is 0 Å². The zero-order valence-corrected chi connectivity index (χ0v) is 13.5. The maximum absolute atomic E-state index is 13.0. The highest BCUT2D eigenvalue weighted by Crippen LogP contribution is 2.19. The van der Waals surface area contributed by atoms with Crippen molar-refractivity contribution < 1.29 is 18.0 Å². The second-order valence-corrected chi connectivity index (χ2v) is 5.33. The Morgan fingerprint density at radius 2 is 2.08 bits per heavy atom. The fraction of sp³-hybridized carbons (Fsp3) is 0.0588. The summed E-state index contributed by atoms with van der Waals surface area (Å²) in [5.41, 5.74) is 7.22. The quantitative estimate of drug-likeness (QED) is 0.519. The average Bonchev–Trinajstić information content (AvgIpc) is 3.14. The van der Waals surface area contributed by atoms with Crippen LogP contribution >= 0.6 is 0 Å². The highest BCUT2D eigenvalue weighted by atomic mass is 19.1. The van der Waals surface area contributed by atoms with Crippen LogP contribution in [0.25, 0.3) is 0 Å². The van der Waals surface area contributed by atoms with E-state index < -0.39 is 6.03 Å². The molecule has 0 aliphatic carbocycles. The van der Waals surface area contributed by atoms with E-state index in [-0.39, 0.29) is 33.9 Å². The zero-order chi connectivity index (χ0) is 18.5. The van der Waals surface area contributed by atoms with Gasteiger partial charge in [-0.25, -0.2) is 14.2 Å². The van der Waals surface area contributed by atoms with Crippen molar-refractivity contribution in [2.45, 2.75) is 6.54 Å². The van der Waals surface area contributed by atoms with Gasteiger partial charge in [-0.3, -0.25) is 10.7 Å². The molecule has 3 rings (SSSR count). The number of halogens is 1. The van der Waals surface area contributed by atoms with Crippen LogP contribution in [0.3, 0.4) is 0 Å². The van der Waals surface area contributed by atoms with Crippen LogP contribution in [0.4, 0.5) is 20.7 Å². The molecule has 0 saturated heterocycles. The van der Waals surface area contributed by atoms with Gasteiger partial charge in [0.05, 0.1) is 18.5 Å². The van der Waals surface area contributed by atoms with Crippen molar-refractivity contribution in [3.63, 3.8) is 0 Å². The fourth-order valence-corrected chi connectivity index (χ4v) is 2.18. The van der Waals surface area contributed by atoms with Crippen LogP contribution in [-0.4, -0.2) is 21.9 Å². The van der Waals surface area contributed by atoms with Crippen molar-refractivity contribution in [3.8, 4) is 0 Å². The van der Waals surface area contributed by atoms with E-state index in [0.717, 1.165) is 0 Å². The first-order chi connectivity index (χ1) is 12.5. The number of pyridine rings is 1. The van der Waals surface area contributed by atoms with E-state index in [1.165, 1.54) is 42.7 Å². The Hall–Kier alpha value is -3.75. The molecule has 9 heteroatoms. The molecule has 0 fully saturated rings. The van der Waals surface area contributed by atoms with Crippen molar-refractivity contribution in [1.29, 1.82) is 5.41 Å². The van der Waals surface area contributed by atoms with Gasteiger partial charge in [-0.05, 0) is 24.3 Å². The molecule has 0 aliphatic rings. The van der Waals surface area contributed by atoms with Gasteiger partial charge in [0.15, 0.2) is 5.76 Å². The number of nitrogens with one attached hydrogen (secondary N) is 3. The van der Waals surface area contributed by atoms with Crippen molar-refractivity contribution in [1.82, 2.24) is 15.5 Å². The number of hydrogen-bond donors (Lipinski definition) is 4. The highest BCUT2D eigenvalue weighted by molar-refractivity contribution is 6.13. The van der Waals surface area contributed by atoms with E-state index in [9.17, 15) is 9.18 Å². The average molecular weight is 360 g/mol. The number of nitrogens with zero attached hydrogens (tertiary/aromatic N) is 2. The summed E-state index contributed by atoms with van der Waals surface area (Å²) >= 11 is 0. The standard InChI is InChI=1S/C17H15FN6O2.3H2/c18-11-3-1-10(2-4-11)16(20)13-9-21-15(7-14(13)19)24-17(25)22-8-12-5-6-23-26-12;;;/h1-7,9,20H,8H2,(H4,19,21,22,24,25);3*1H. The molecule has 2 aromatic heterocycles. The van der Waals surface area contributed by atoms with Crippen molar-refractivity contribution >= 4 is 23.2 Å². The minimum absolute atomic E-state index is 0. The first-order valence-electron chi connectivity index (χ1n) is 7.57. The van der Waals surface area contributed by atoms with E-state index in [0.29, 0.717) is 16.9 Å². The molecule has 0 saturated carbocycles. The monoisotopic (exact) mass is 360 g/mol. The Kier molecular flexibility index (Phi) is 4.88. The number of nitrogen functional groups attached to an aromatic ring is 1. The van der Waals surface area contributed by atoms with Gasteiger partial charge >= 0.3 is 6.03 Å². The minimum atomic E-state index is -0.491.